The number of anilines is 1. The van der Waals surface area contributed by atoms with Gasteiger partial charge in [0.1, 0.15) is 5.75 Å². The number of fused-ring (bicyclic) bond motifs is 4. The minimum atomic E-state index is -1.46. The zero-order chi connectivity index (χ0) is 34.9. The highest BCUT2D eigenvalue weighted by Gasteiger charge is 2.66. The summed E-state index contributed by atoms with van der Waals surface area (Å²) in [6.45, 7) is 1.77. The number of phenolic OH excluding ortho intramolecular Hbond substituents is 1. The monoisotopic (exact) mass is 664 g/mol. The first-order valence-electron chi connectivity index (χ1n) is 16.7. The minimum Gasteiger partial charge on any atom is -0.507 e. The standard InChI is InChI=1S/C41H32N2O7/c1-23-10-8-17-30(37(23)45)36-28-18-19-29-35(40(48)42(39(29)47)26-15-9-16-27(20-26)43(49)50)32(28)21-33-38(46)31(24-11-4-2-5-12-24)22-34(44)41(33,36)25-13-6-3-7-14-25/h2-18,20,22,29,32-33,35-36,45H,19,21H2,1H3. The van der Waals surface area contributed by atoms with Crippen LogP contribution in [0, 0.1) is 40.7 Å². The summed E-state index contributed by atoms with van der Waals surface area (Å²) in [7, 11) is 0. The van der Waals surface area contributed by atoms with E-state index < -0.39 is 51.7 Å². The van der Waals surface area contributed by atoms with Crippen molar-refractivity contribution in [3.8, 4) is 5.75 Å². The molecule has 8 rings (SSSR count). The first-order valence-corrected chi connectivity index (χ1v) is 16.7. The average molecular weight is 665 g/mol. The Kier molecular flexibility index (Phi) is 7.25. The molecule has 0 bridgehead atoms. The molecule has 1 heterocycles. The molecule has 4 aliphatic rings. The number of Topliss-reactive ketones (excluding diaryl/α,β-unsaturated/α-hetero) is 1. The summed E-state index contributed by atoms with van der Waals surface area (Å²) in [6, 6.07) is 29.0. The van der Waals surface area contributed by atoms with Crippen LogP contribution in [0.2, 0.25) is 0 Å². The predicted molar refractivity (Wildman–Crippen MR) is 185 cm³/mol. The number of amides is 2. The van der Waals surface area contributed by atoms with Gasteiger partial charge >= 0.3 is 0 Å². The second-order valence-electron chi connectivity index (χ2n) is 13.6. The maximum absolute atomic E-state index is 15.1. The van der Waals surface area contributed by atoms with E-state index in [1.165, 1.54) is 30.3 Å². The smallest absolute Gasteiger partial charge is 0.271 e. The van der Waals surface area contributed by atoms with E-state index in [0.29, 0.717) is 22.3 Å². The van der Waals surface area contributed by atoms with E-state index in [0.717, 1.165) is 10.5 Å². The number of nitro benzene ring substituents is 1. The summed E-state index contributed by atoms with van der Waals surface area (Å²) in [4.78, 5) is 70.6. The summed E-state index contributed by atoms with van der Waals surface area (Å²) in [6.07, 6.45) is 3.68. The molecule has 3 aliphatic carbocycles. The molecule has 9 heteroatoms. The lowest BCUT2D eigenvalue weighted by atomic mass is 9.44. The number of hydrogen-bond acceptors (Lipinski definition) is 7. The Morgan fingerprint density at radius 2 is 1.54 bits per heavy atom. The topological polar surface area (TPSA) is 135 Å². The Morgan fingerprint density at radius 3 is 2.26 bits per heavy atom. The fourth-order valence-corrected chi connectivity index (χ4v) is 9.13. The molecule has 248 valence electrons. The summed E-state index contributed by atoms with van der Waals surface area (Å²) >= 11 is 0. The van der Waals surface area contributed by atoms with Crippen LogP contribution in [0.1, 0.15) is 41.0 Å². The van der Waals surface area contributed by atoms with E-state index in [-0.39, 0.29) is 47.1 Å². The molecule has 6 atom stereocenters. The number of carbonyl (C=O) groups is 4. The molecule has 2 fully saturated rings. The number of aryl methyl sites for hydroxylation is 1. The van der Waals surface area contributed by atoms with Crippen LogP contribution < -0.4 is 4.90 Å². The van der Waals surface area contributed by atoms with Gasteiger partial charge in [0, 0.05) is 35.1 Å². The molecule has 0 aromatic heterocycles. The van der Waals surface area contributed by atoms with E-state index in [1.54, 1.807) is 43.3 Å². The van der Waals surface area contributed by atoms with Crippen molar-refractivity contribution in [2.45, 2.75) is 31.1 Å². The number of nitrogens with zero attached hydrogens (tertiary/aromatic N) is 2. The van der Waals surface area contributed by atoms with Crippen LogP contribution in [0.15, 0.2) is 121 Å². The van der Waals surface area contributed by atoms with Gasteiger partial charge in [-0.1, -0.05) is 96.6 Å². The van der Waals surface area contributed by atoms with Crippen LogP contribution >= 0.6 is 0 Å². The maximum Gasteiger partial charge on any atom is 0.271 e. The molecule has 0 spiro atoms. The van der Waals surface area contributed by atoms with Crippen LogP contribution in [-0.4, -0.2) is 33.4 Å². The highest BCUT2D eigenvalue weighted by atomic mass is 16.6. The summed E-state index contributed by atoms with van der Waals surface area (Å²) in [5, 5.41) is 23.3. The molecule has 4 aromatic carbocycles. The van der Waals surface area contributed by atoms with E-state index in [2.05, 4.69) is 0 Å². The number of nitro groups is 1. The molecule has 1 saturated heterocycles. The summed E-state index contributed by atoms with van der Waals surface area (Å²) in [5.41, 5.74) is 1.73. The SMILES string of the molecule is Cc1cccc(C2C3=CCC4C(=O)N(c5cccc([N+](=O)[O-])c5)C(=O)C4C3CC3C(=O)C(c4ccccc4)=CC(=O)C32c2ccccc2)c1O. The van der Waals surface area contributed by atoms with Gasteiger partial charge in [-0.2, -0.15) is 0 Å². The maximum atomic E-state index is 15.1. The van der Waals surface area contributed by atoms with Crippen molar-refractivity contribution in [3.63, 3.8) is 0 Å². The van der Waals surface area contributed by atoms with Gasteiger partial charge in [-0.15, -0.1) is 0 Å². The lowest BCUT2D eigenvalue weighted by molar-refractivity contribution is -0.384. The van der Waals surface area contributed by atoms with E-state index in [9.17, 15) is 29.6 Å². The molecule has 6 unspecified atom stereocenters. The number of benzene rings is 4. The average Bonchev–Trinajstić information content (AvgIpc) is 3.39. The van der Waals surface area contributed by atoms with Gasteiger partial charge in [0.2, 0.25) is 11.8 Å². The van der Waals surface area contributed by atoms with Crippen molar-refractivity contribution in [1.29, 1.82) is 0 Å². The zero-order valence-corrected chi connectivity index (χ0v) is 27.1. The number of non-ortho nitro benzene ring substituents is 1. The van der Waals surface area contributed by atoms with Gasteiger partial charge in [0.05, 0.1) is 27.9 Å². The van der Waals surface area contributed by atoms with Crippen LogP contribution in [0.4, 0.5) is 11.4 Å². The normalized spacial score (nSPS) is 27.2. The molecular weight excluding hydrogens is 632 g/mol. The summed E-state index contributed by atoms with van der Waals surface area (Å²) in [5.74, 6) is -5.52. The van der Waals surface area contributed by atoms with Crippen molar-refractivity contribution in [2.75, 3.05) is 4.90 Å². The molecule has 4 aromatic rings. The molecule has 1 saturated carbocycles. The third kappa shape index (κ3) is 4.39. The number of ketones is 2. The molecule has 50 heavy (non-hydrogen) atoms. The number of allylic oxidation sites excluding steroid dienone is 4. The number of para-hydroxylation sites is 1. The zero-order valence-electron chi connectivity index (χ0n) is 27.1. The van der Waals surface area contributed by atoms with Crippen LogP contribution in [0.25, 0.3) is 5.57 Å². The van der Waals surface area contributed by atoms with Crippen LogP contribution in [-0.2, 0) is 24.6 Å². The number of imide groups is 1. The number of phenols is 1. The Balaban J connectivity index is 1.36. The van der Waals surface area contributed by atoms with Crippen molar-refractivity contribution >= 4 is 40.3 Å². The molecule has 2 amide bonds. The Hall–Kier alpha value is -5.96. The highest BCUT2D eigenvalue weighted by Crippen LogP contribution is 2.64. The fourth-order valence-electron chi connectivity index (χ4n) is 9.13. The van der Waals surface area contributed by atoms with E-state index in [1.807, 2.05) is 48.5 Å². The van der Waals surface area contributed by atoms with Crippen LogP contribution in [0.5, 0.6) is 5.75 Å². The first-order chi connectivity index (χ1) is 24.1. The molecule has 1 N–H and O–H groups in total. The molecule has 1 aliphatic heterocycles. The van der Waals surface area contributed by atoms with Gasteiger partial charge in [0.25, 0.3) is 5.69 Å². The lowest BCUT2D eigenvalue weighted by Gasteiger charge is -2.55. The second kappa shape index (κ2) is 11.6. The number of rotatable bonds is 5. The molecular formula is C41H32N2O7. The Morgan fingerprint density at radius 1 is 0.840 bits per heavy atom. The third-order valence-corrected chi connectivity index (χ3v) is 11.3. The Bertz CT molecular complexity index is 2190. The number of carbonyl (C=O) groups excluding carboxylic acids is 4. The quantitative estimate of drug-likeness (QED) is 0.109. The predicted octanol–water partition coefficient (Wildman–Crippen LogP) is 6.64. The number of hydrogen-bond donors (Lipinski definition) is 1. The van der Waals surface area contributed by atoms with Gasteiger partial charge < -0.3 is 5.11 Å². The molecule has 9 nitrogen and oxygen atoms in total. The highest BCUT2D eigenvalue weighted by molar-refractivity contribution is 6.32. The van der Waals surface area contributed by atoms with Gasteiger partial charge in [-0.05, 0) is 54.5 Å². The van der Waals surface area contributed by atoms with Crippen LogP contribution in [0.3, 0.4) is 0 Å². The van der Waals surface area contributed by atoms with E-state index >= 15 is 4.79 Å². The summed E-state index contributed by atoms with van der Waals surface area (Å²) < 4.78 is 0. The number of aromatic hydroxyl groups is 1. The van der Waals surface area contributed by atoms with Crippen molar-refractivity contribution in [1.82, 2.24) is 0 Å². The van der Waals surface area contributed by atoms with Gasteiger partial charge in [-0.25, -0.2) is 4.90 Å². The first kappa shape index (κ1) is 31.3. The Labute approximate surface area is 287 Å². The molecule has 0 radical (unpaired) electrons. The van der Waals surface area contributed by atoms with Gasteiger partial charge in [0.15, 0.2) is 11.6 Å². The minimum absolute atomic E-state index is 0.000334. The van der Waals surface area contributed by atoms with Gasteiger partial charge in [-0.3, -0.25) is 29.3 Å². The lowest BCUT2D eigenvalue weighted by Crippen LogP contribution is -2.58. The van der Waals surface area contributed by atoms with Crippen molar-refractivity contribution < 1.29 is 29.2 Å². The fraction of sp³-hybridized carbons (Fsp3) is 0.220. The van der Waals surface area contributed by atoms with Crippen molar-refractivity contribution in [2.24, 2.45) is 23.7 Å². The van der Waals surface area contributed by atoms with E-state index in [4.69, 9.17) is 0 Å². The largest absolute Gasteiger partial charge is 0.507 e. The second-order valence-corrected chi connectivity index (χ2v) is 13.6. The third-order valence-electron chi connectivity index (χ3n) is 11.3. The van der Waals surface area contributed by atoms with Crippen molar-refractivity contribution in [3.05, 3.63) is 153 Å².